The van der Waals surface area contributed by atoms with Gasteiger partial charge in [-0.25, -0.2) is 0 Å². The molecule has 100 heavy (non-hydrogen) atoms. The monoisotopic (exact) mass is 1840 g/mol. The van der Waals surface area contributed by atoms with E-state index in [1.165, 1.54) is 38.8 Å². The predicted molar refractivity (Wildman–Crippen MR) is 517 cm³/mol. The van der Waals surface area contributed by atoms with Crippen LogP contribution in [-0.2, 0) is 126 Å². The van der Waals surface area contributed by atoms with E-state index in [-0.39, 0.29) is 230 Å². The van der Waals surface area contributed by atoms with Gasteiger partial charge in [-0.1, -0.05) is 175 Å². The Morgan fingerprint density at radius 3 is 0.640 bits per heavy atom. The zero-order valence-electron chi connectivity index (χ0n) is 60.0. The van der Waals surface area contributed by atoms with Gasteiger partial charge in [0, 0.05) is 98.3 Å². The van der Waals surface area contributed by atoms with Gasteiger partial charge in [0.15, 0.2) is 0 Å². The molecule has 36 heteroatoms. The molecule has 0 aliphatic rings. The third kappa shape index (κ3) is 172. The molecule has 0 bridgehead atoms. The van der Waals surface area contributed by atoms with Crippen LogP contribution in [0.5, 0.6) is 0 Å². The van der Waals surface area contributed by atoms with Crippen LogP contribution in [0, 0.1) is 0 Å². The summed E-state index contributed by atoms with van der Waals surface area (Å²) in [5.74, 6) is 0. The van der Waals surface area contributed by atoms with Crippen molar-refractivity contribution in [2.24, 2.45) is 11.5 Å². The second kappa shape index (κ2) is 140. The van der Waals surface area contributed by atoms with E-state index in [2.05, 4.69) is 192 Å². The number of benzene rings is 1. The molecule has 0 aromatic heterocycles. The van der Waals surface area contributed by atoms with E-state index in [0.717, 1.165) is 110 Å². The minimum Gasteiger partial charge on any atom is -0.415 e. The molecule has 1 rings (SSSR count). The Hall–Kier alpha value is 5.51. The third-order valence-electron chi connectivity index (χ3n) is 9.34. The van der Waals surface area contributed by atoms with Crippen LogP contribution in [0.4, 0.5) is 5.69 Å². The van der Waals surface area contributed by atoms with Crippen LogP contribution >= 0.6 is 122 Å². The summed E-state index contributed by atoms with van der Waals surface area (Å²) >= 11 is 93.1. The molecule has 0 radical (unpaired) electrons. The number of hydrogen-bond acceptors (Lipinski definition) is 20. The van der Waals surface area contributed by atoms with E-state index in [4.69, 9.17) is 149 Å². The second-order valence-electron chi connectivity index (χ2n) is 17.0. The first-order valence-electron chi connectivity index (χ1n) is 29.2. The summed E-state index contributed by atoms with van der Waals surface area (Å²) in [5.41, 5.74) is 10.3. The molecular weight excluding hydrogens is 1700 g/mol. The van der Waals surface area contributed by atoms with Crippen molar-refractivity contribution in [3.05, 3.63) is 30.3 Å². The normalized spacial score (nSPS) is 7.58. The van der Waals surface area contributed by atoms with E-state index in [1.54, 1.807) is 4.90 Å². The molecule has 0 saturated carbocycles. The molecule has 0 atom stereocenters. The Morgan fingerprint density at radius 1 is 0.360 bits per heavy atom. The van der Waals surface area contributed by atoms with Gasteiger partial charge in [-0.2, -0.15) is 0 Å². The summed E-state index contributed by atoms with van der Waals surface area (Å²) < 4.78 is 4.66. The van der Waals surface area contributed by atoms with Crippen LogP contribution in [0.25, 0.3) is 0 Å². The Kier molecular flexibility index (Phi) is 237. The van der Waals surface area contributed by atoms with Crippen molar-refractivity contribution in [3.8, 4) is 0 Å². The van der Waals surface area contributed by atoms with Gasteiger partial charge in [0.25, 0.3) is 0 Å². The first kappa shape index (κ1) is 169. The summed E-state index contributed by atoms with van der Waals surface area (Å²) in [6.07, 6.45) is 9.29. The molecule has 0 amide bonds. The van der Waals surface area contributed by atoms with Crippen molar-refractivity contribution >= 4 is 297 Å². The molecule has 0 aliphatic carbocycles. The Morgan fingerprint density at radius 2 is 0.540 bits per heavy atom. The average Bonchev–Trinajstić information content (AvgIpc) is 3.63. The molecule has 0 saturated heterocycles. The molecule has 0 unspecified atom stereocenters. The molecule has 0 heterocycles. The van der Waals surface area contributed by atoms with E-state index in [1.807, 2.05) is 120 Å². The fourth-order valence-corrected chi connectivity index (χ4v) is 7.91. The minimum absolute atomic E-state index is 0. The van der Waals surface area contributed by atoms with Crippen LogP contribution in [0.1, 0.15) is 208 Å². The number of thiocarbonyl (C=S) groups is 10. The van der Waals surface area contributed by atoms with Crippen LogP contribution < -0.4 is 189 Å². The van der Waals surface area contributed by atoms with Crippen molar-refractivity contribution < 1.29 is 173 Å². The standard InChI is InChI=1S/C9H19NS2.C7H7NS2.2C7H15NS2.3C5H11NS2.C4H11N.C3H7NS2.C2H7N.2CH3NS2.8CH4.2K.2Na/c1-3-5-7-10(9(11)12)8-6-4-2;9-7(10)8-6-4-2-1-3-5-6;2*1-3-5-8(6-4-2)7(9)10;3*1-3-6(4-2)5(7)8;1-3-5-4-2;1-4(2)3(5)6;1-3-2;2*2-1(3)4;;;;;;;;;;;;/h3-8H2,1-2H3,(H,11,12);1-5H,(H2,8,9,10);2*3-6H2,1-2H3,(H,9,10);3*3-4H2,1-2H3,(H,7,8);5H,3-4H2,1-2H3;1-2H3,(H,5,6);3H,1-2H3;2*(H3,2,3,4);8*1H4;;;;/q;;;;;;;;;;;;;;;;;;;;4*+1/p-8. The van der Waals surface area contributed by atoms with Gasteiger partial charge in [0.1, 0.15) is 0 Å². The number of anilines is 1. The number of nitrogens with one attached hydrogen (secondary N) is 1. The topological polar surface area (TPSA) is 120 Å². The largest absolute Gasteiger partial charge is 1.00 e. The SMILES string of the molecule is C.C.C.C.C.C.C.C.CCCCN(CCCC)C(=S)[S-].CCCN(CCC)C(=S)[S-].CCCN(CCC)C(=S)[S-].CCN(CC)C(=S)[S-].CCN(CC)C(=S)[S-].CCN(CC)C(=S)[S-].CC[NH2+]CC.CN(C)C(=S)[S-].C[NH2+]C.NC(=S)[S-].NC(=S)[S-].S=C([S-])Nc1ccccc1.[K+].[K+].[Na+].[Na+]. The average molecular weight is 1850 g/mol. The first-order valence-corrected chi connectivity index (χ1v) is 37.4. The van der Waals surface area contributed by atoms with Gasteiger partial charge in [0.05, 0.1) is 27.2 Å². The van der Waals surface area contributed by atoms with Gasteiger partial charge in [-0.05, 0) is 106 Å². The van der Waals surface area contributed by atoms with Crippen LogP contribution in [0.3, 0.4) is 0 Å². The number of unbranched alkanes of at least 4 members (excludes halogenated alkanes) is 2. The Bertz CT molecular complexity index is 1680. The van der Waals surface area contributed by atoms with E-state index < -0.39 is 0 Å². The zero-order valence-corrected chi connectivity index (χ0v) is 86.6. The summed E-state index contributed by atoms with van der Waals surface area (Å²) in [6.45, 7) is 43.6. The summed E-state index contributed by atoms with van der Waals surface area (Å²) in [6, 6.07) is 9.63. The van der Waals surface area contributed by atoms with Crippen LogP contribution in [0.2, 0.25) is 0 Å². The quantitative estimate of drug-likeness (QED) is 0.0625. The maximum atomic E-state index is 4.98. The number of quaternary nitrogens is 2. The molecule has 1 aromatic rings. The zero-order chi connectivity index (χ0) is 71.6. The van der Waals surface area contributed by atoms with E-state index in [9.17, 15) is 0 Å². The van der Waals surface area contributed by atoms with E-state index in [0.29, 0.717) is 34.6 Å². The van der Waals surface area contributed by atoms with E-state index >= 15 is 0 Å². The maximum absolute atomic E-state index is 4.98. The summed E-state index contributed by atoms with van der Waals surface area (Å²) in [5, 5.41) is 7.10. The summed E-state index contributed by atoms with van der Waals surface area (Å²) in [4.78, 5) is 13.9. The number of para-hydroxylation sites is 1. The molecule has 588 valence electrons. The van der Waals surface area contributed by atoms with Gasteiger partial charge >= 0.3 is 162 Å². The van der Waals surface area contributed by atoms with Crippen molar-refractivity contribution in [1.82, 2.24) is 34.3 Å². The first-order chi connectivity index (χ1) is 41.0. The van der Waals surface area contributed by atoms with Gasteiger partial charge in [-0.15, -0.1) is 0 Å². The van der Waals surface area contributed by atoms with Crippen LogP contribution in [-0.4, -0.2) is 197 Å². The van der Waals surface area contributed by atoms with Gasteiger partial charge in [-0.3, -0.25) is 0 Å². The maximum Gasteiger partial charge on any atom is 1.00 e. The summed E-state index contributed by atoms with van der Waals surface area (Å²) in [7, 11) is 7.66. The smallest absolute Gasteiger partial charge is 0.415 e. The second-order valence-corrected chi connectivity index (χ2v) is 27.6. The predicted octanol–water partition coefficient (Wildman–Crippen LogP) is 3.45. The van der Waals surface area contributed by atoms with Crippen molar-refractivity contribution in [2.45, 2.75) is 208 Å². The third-order valence-corrected chi connectivity index (χ3v) is 13.4. The fourth-order valence-electron chi connectivity index (χ4n) is 5.03. The molecule has 9 N–H and O–H groups in total. The molecule has 0 spiro atoms. The number of hydrogen-bond donors (Lipinski definition) is 5. The minimum atomic E-state index is 0. The molecule has 12 nitrogen and oxygen atoms in total. The molecule has 0 fully saturated rings. The molecular formula is C64H144K2N12Na2S20-4. The van der Waals surface area contributed by atoms with Crippen molar-refractivity contribution in [2.75, 3.05) is 125 Å². The fraction of sp³-hybridized carbons (Fsp3) is 0.750. The Labute approximate surface area is 863 Å². The number of rotatable bonds is 23. The molecule has 0 aliphatic heterocycles. The van der Waals surface area contributed by atoms with Crippen molar-refractivity contribution in [1.29, 1.82) is 0 Å². The van der Waals surface area contributed by atoms with Gasteiger partial charge < -0.3 is 310 Å². The number of nitrogens with zero attached hydrogens (tertiary/aromatic N) is 7. The van der Waals surface area contributed by atoms with Gasteiger partial charge in [0.2, 0.25) is 0 Å². The number of nitrogens with two attached hydrogens (primary N) is 4. The Balaban J connectivity index is -0.0000000309. The molecule has 1 aromatic carbocycles. The van der Waals surface area contributed by atoms with Crippen LogP contribution in [0.15, 0.2) is 30.3 Å². The van der Waals surface area contributed by atoms with Crippen molar-refractivity contribution in [3.63, 3.8) is 0 Å².